The van der Waals surface area contributed by atoms with Crippen molar-refractivity contribution in [3.8, 4) is 5.69 Å². The molecule has 2 heterocycles. The van der Waals surface area contributed by atoms with E-state index < -0.39 is 5.97 Å². The summed E-state index contributed by atoms with van der Waals surface area (Å²) in [6.07, 6.45) is 1.78. The molecule has 3 rings (SSSR count). The van der Waals surface area contributed by atoms with Crippen LogP contribution in [0.25, 0.3) is 11.8 Å². The third-order valence-electron chi connectivity index (χ3n) is 4.79. The van der Waals surface area contributed by atoms with Crippen LogP contribution in [0, 0.1) is 20.8 Å². The van der Waals surface area contributed by atoms with Crippen LogP contribution in [0.3, 0.4) is 0 Å². The van der Waals surface area contributed by atoms with Gasteiger partial charge in [-0.3, -0.25) is 0 Å². The van der Waals surface area contributed by atoms with E-state index in [1.165, 1.54) is 0 Å². The third kappa shape index (κ3) is 3.50. The molecule has 0 fully saturated rings. The predicted molar refractivity (Wildman–Crippen MR) is 112 cm³/mol. The number of aliphatic hydroxyl groups excluding tert-OH is 1. The summed E-state index contributed by atoms with van der Waals surface area (Å²) in [5.41, 5.74) is 5.81. The topological polar surface area (TPSA) is 63.8 Å². The average Bonchev–Trinajstić information content (AvgIpc) is 3.06. The van der Waals surface area contributed by atoms with Crippen molar-refractivity contribution in [1.82, 2.24) is 4.57 Å². The Morgan fingerprint density at radius 2 is 1.96 bits per heavy atom. The second-order valence-corrected chi connectivity index (χ2v) is 7.17. The molecule has 1 aromatic heterocycles. The van der Waals surface area contributed by atoms with E-state index in [4.69, 9.17) is 16.3 Å². The second kappa shape index (κ2) is 7.68. The number of ether oxygens (including phenoxy) is 1. The molecule has 0 amide bonds. The maximum absolute atomic E-state index is 12.1. The first-order valence-electron chi connectivity index (χ1n) is 9.08. The molecule has 6 heteroatoms. The van der Waals surface area contributed by atoms with Crippen LogP contribution in [0.4, 0.5) is 0 Å². The van der Waals surface area contributed by atoms with Crippen LogP contribution in [0.15, 0.2) is 46.3 Å². The van der Waals surface area contributed by atoms with E-state index in [2.05, 4.69) is 9.56 Å². The summed E-state index contributed by atoms with van der Waals surface area (Å²) in [6.45, 7) is 9.61. The normalized spacial score (nSPS) is 15.4. The van der Waals surface area contributed by atoms with Crippen LogP contribution in [-0.4, -0.2) is 28.0 Å². The maximum Gasteiger partial charge on any atom is 0.343 e. The molecule has 0 unspecified atom stereocenters. The molecule has 0 bridgehead atoms. The summed E-state index contributed by atoms with van der Waals surface area (Å²) in [7, 11) is 0. The Labute approximate surface area is 169 Å². The largest absolute Gasteiger partial charge is 0.505 e. The Morgan fingerprint density at radius 1 is 1.25 bits per heavy atom. The molecule has 0 saturated heterocycles. The first-order chi connectivity index (χ1) is 13.2. The van der Waals surface area contributed by atoms with Gasteiger partial charge in [0.25, 0.3) is 0 Å². The van der Waals surface area contributed by atoms with Crippen molar-refractivity contribution in [3.63, 3.8) is 0 Å². The zero-order valence-electron chi connectivity index (χ0n) is 16.6. The van der Waals surface area contributed by atoms with Gasteiger partial charge >= 0.3 is 5.97 Å². The minimum atomic E-state index is -0.565. The SMILES string of the molecule is CCOC(=O)C1=C(O)C(=Cc2cc(C)n(-c3ccc(C)c(Cl)c3)c2C)N=C1C. The van der Waals surface area contributed by atoms with E-state index >= 15 is 0 Å². The number of benzene rings is 1. The Balaban J connectivity index is 2.05. The minimum absolute atomic E-state index is 0.118. The number of aliphatic imine (C=N–C) groups is 1. The number of esters is 1. The number of aliphatic hydroxyl groups is 1. The van der Waals surface area contributed by atoms with Crippen LogP contribution in [0.1, 0.15) is 36.4 Å². The van der Waals surface area contributed by atoms with Crippen LogP contribution in [-0.2, 0) is 9.53 Å². The standard InChI is InChI=1S/C22H23ClN2O3/c1-6-28-22(27)20-14(4)24-19(21(20)26)10-16-9-13(3)25(15(16)5)17-8-7-12(2)18(23)11-17/h7-11,26H,6H2,1-5H3. The third-order valence-corrected chi connectivity index (χ3v) is 5.19. The maximum atomic E-state index is 12.1. The Kier molecular flexibility index (Phi) is 5.47. The van der Waals surface area contributed by atoms with Gasteiger partial charge in [0.15, 0.2) is 5.76 Å². The van der Waals surface area contributed by atoms with Gasteiger partial charge in [0.2, 0.25) is 0 Å². The Morgan fingerprint density at radius 3 is 2.61 bits per heavy atom. The molecule has 0 aliphatic carbocycles. The number of nitrogens with zero attached hydrogens (tertiary/aromatic N) is 2. The number of aryl methyl sites for hydroxylation is 2. The van der Waals surface area contributed by atoms with Gasteiger partial charge in [0.05, 0.1) is 12.3 Å². The number of halogens is 1. The average molecular weight is 399 g/mol. The van der Waals surface area contributed by atoms with Gasteiger partial charge in [-0.15, -0.1) is 0 Å². The van der Waals surface area contributed by atoms with E-state index in [9.17, 15) is 9.90 Å². The summed E-state index contributed by atoms with van der Waals surface area (Å²) in [4.78, 5) is 16.4. The zero-order chi connectivity index (χ0) is 20.6. The highest BCUT2D eigenvalue weighted by Gasteiger charge is 2.28. The first-order valence-corrected chi connectivity index (χ1v) is 9.46. The highest BCUT2D eigenvalue weighted by atomic mass is 35.5. The highest BCUT2D eigenvalue weighted by molar-refractivity contribution is 6.31. The molecule has 1 aliphatic heterocycles. The monoisotopic (exact) mass is 398 g/mol. The smallest absolute Gasteiger partial charge is 0.343 e. The lowest BCUT2D eigenvalue weighted by Gasteiger charge is -2.11. The van der Waals surface area contributed by atoms with Crippen molar-refractivity contribution >= 4 is 29.4 Å². The van der Waals surface area contributed by atoms with E-state index in [-0.39, 0.29) is 17.9 Å². The number of aromatic nitrogens is 1. The molecule has 0 radical (unpaired) electrons. The van der Waals surface area contributed by atoms with Gasteiger partial charge in [-0.25, -0.2) is 9.79 Å². The van der Waals surface area contributed by atoms with Gasteiger partial charge in [0, 0.05) is 22.1 Å². The van der Waals surface area contributed by atoms with Gasteiger partial charge in [-0.05, 0) is 70.0 Å². The Bertz CT molecular complexity index is 1060. The molecule has 146 valence electrons. The van der Waals surface area contributed by atoms with E-state index in [1.54, 1.807) is 19.9 Å². The lowest BCUT2D eigenvalue weighted by atomic mass is 10.1. The van der Waals surface area contributed by atoms with Gasteiger partial charge < -0.3 is 14.4 Å². The van der Waals surface area contributed by atoms with Gasteiger partial charge in [-0.1, -0.05) is 17.7 Å². The molecule has 1 aromatic carbocycles. The number of hydrogen-bond donors (Lipinski definition) is 1. The van der Waals surface area contributed by atoms with Crippen molar-refractivity contribution < 1.29 is 14.6 Å². The fourth-order valence-electron chi connectivity index (χ4n) is 3.34. The summed E-state index contributed by atoms with van der Waals surface area (Å²) in [5, 5.41) is 11.2. The summed E-state index contributed by atoms with van der Waals surface area (Å²) in [6, 6.07) is 7.95. The molecule has 0 spiro atoms. The first kappa shape index (κ1) is 20.0. The van der Waals surface area contributed by atoms with Crippen molar-refractivity contribution in [1.29, 1.82) is 0 Å². The minimum Gasteiger partial charge on any atom is -0.505 e. The van der Waals surface area contributed by atoms with Crippen LogP contribution in [0.2, 0.25) is 5.02 Å². The number of carbonyl (C=O) groups is 1. The molecule has 0 atom stereocenters. The molecule has 2 aromatic rings. The van der Waals surface area contributed by atoms with E-state index in [1.807, 2.05) is 45.0 Å². The quantitative estimate of drug-likeness (QED) is 0.715. The Hall–Kier alpha value is -2.79. The van der Waals surface area contributed by atoms with Crippen molar-refractivity contribution in [3.05, 3.63) is 68.8 Å². The van der Waals surface area contributed by atoms with Gasteiger partial charge in [0.1, 0.15) is 11.3 Å². The highest BCUT2D eigenvalue weighted by Crippen LogP contribution is 2.30. The molecular weight excluding hydrogens is 376 g/mol. The summed E-state index contributed by atoms with van der Waals surface area (Å²) < 4.78 is 7.10. The molecule has 0 saturated carbocycles. The van der Waals surface area contributed by atoms with Crippen molar-refractivity contribution in [2.24, 2.45) is 4.99 Å². The summed E-state index contributed by atoms with van der Waals surface area (Å²) >= 11 is 6.29. The number of rotatable bonds is 4. The zero-order valence-corrected chi connectivity index (χ0v) is 17.4. The number of hydrogen-bond acceptors (Lipinski definition) is 4. The number of carbonyl (C=O) groups excluding carboxylic acids is 1. The fourth-order valence-corrected chi connectivity index (χ4v) is 3.51. The molecule has 28 heavy (non-hydrogen) atoms. The van der Waals surface area contributed by atoms with E-state index in [0.29, 0.717) is 16.4 Å². The molecule has 1 aliphatic rings. The van der Waals surface area contributed by atoms with Crippen LogP contribution in [0.5, 0.6) is 0 Å². The summed E-state index contributed by atoms with van der Waals surface area (Å²) in [5.74, 6) is -0.719. The van der Waals surface area contributed by atoms with Crippen molar-refractivity contribution in [2.45, 2.75) is 34.6 Å². The van der Waals surface area contributed by atoms with Gasteiger partial charge in [-0.2, -0.15) is 0 Å². The fraction of sp³-hybridized carbons (Fsp3) is 0.273. The van der Waals surface area contributed by atoms with E-state index in [0.717, 1.165) is 28.2 Å². The second-order valence-electron chi connectivity index (χ2n) is 6.77. The van der Waals surface area contributed by atoms with Crippen molar-refractivity contribution in [2.75, 3.05) is 6.61 Å². The lowest BCUT2D eigenvalue weighted by molar-refractivity contribution is -0.138. The molecular formula is C22H23ClN2O3. The molecule has 5 nitrogen and oxygen atoms in total. The van der Waals surface area contributed by atoms with Crippen LogP contribution < -0.4 is 0 Å². The van der Waals surface area contributed by atoms with Crippen LogP contribution >= 0.6 is 11.6 Å². The molecule has 1 N–H and O–H groups in total. The lowest BCUT2D eigenvalue weighted by Crippen LogP contribution is -2.13. The predicted octanol–water partition coefficient (Wildman–Crippen LogP) is 5.25.